The first-order chi connectivity index (χ1) is 10.2. The lowest BCUT2D eigenvalue weighted by atomic mass is 9.72. The Labute approximate surface area is 123 Å². The van der Waals surface area contributed by atoms with Gasteiger partial charge in [0.25, 0.3) is 0 Å². The molecule has 2 heterocycles. The molecule has 21 heavy (non-hydrogen) atoms. The summed E-state index contributed by atoms with van der Waals surface area (Å²) in [4.78, 5) is 17.6. The van der Waals surface area contributed by atoms with E-state index in [1.807, 2.05) is 0 Å². The van der Waals surface area contributed by atoms with Crippen LogP contribution in [0.2, 0.25) is 0 Å². The Kier molecular flexibility index (Phi) is 2.91. The zero-order valence-corrected chi connectivity index (χ0v) is 12.2. The molecule has 1 aromatic carbocycles. The molecule has 1 unspecified atom stereocenters. The highest BCUT2D eigenvalue weighted by Gasteiger charge is 2.40. The Hall–Kier alpha value is -1.65. The van der Waals surface area contributed by atoms with Gasteiger partial charge in [0, 0.05) is 41.5 Å². The number of aliphatic hydroxyl groups is 1. The van der Waals surface area contributed by atoms with Crippen molar-refractivity contribution >= 4 is 16.7 Å². The van der Waals surface area contributed by atoms with Crippen LogP contribution in [0.1, 0.15) is 23.5 Å². The van der Waals surface area contributed by atoms with E-state index in [0.717, 1.165) is 19.4 Å². The second kappa shape index (κ2) is 4.68. The highest BCUT2D eigenvalue weighted by Crippen LogP contribution is 2.44. The van der Waals surface area contributed by atoms with Gasteiger partial charge in [-0.1, -0.05) is 12.1 Å². The minimum atomic E-state index is -0.338. The lowest BCUT2D eigenvalue weighted by Gasteiger charge is -2.45. The number of carbonyl (C=O) groups excluding carboxylic acids is 1. The van der Waals surface area contributed by atoms with Gasteiger partial charge in [-0.3, -0.25) is 4.79 Å². The van der Waals surface area contributed by atoms with Crippen LogP contribution in [0.25, 0.3) is 10.9 Å². The molecule has 4 heteroatoms. The number of carbonyl (C=O) groups is 1. The molecule has 1 fully saturated rings. The van der Waals surface area contributed by atoms with Crippen molar-refractivity contribution in [2.45, 2.75) is 24.8 Å². The fraction of sp³-hybridized carbons (Fsp3) is 0.471. The van der Waals surface area contributed by atoms with Gasteiger partial charge in [-0.2, -0.15) is 0 Å². The van der Waals surface area contributed by atoms with E-state index in [-0.39, 0.29) is 18.3 Å². The van der Waals surface area contributed by atoms with Crippen molar-refractivity contribution in [2.24, 2.45) is 5.92 Å². The van der Waals surface area contributed by atoms with Crippen molar-refractivity contribution in [3.8, 4) is 0 Å². The second-order valence-electron chi connectivity index (χ2n) is 6.46. The van der Waals surface area contributed by atoms with Crippen molar-refractivity contribution in [3.63, 3.8) is 0 Å². The van der Waals surface area contributed by atoms with E-state index in [9.17, 15) is 9.90 Å². The highest BCUT2D eigenvalue weighted by atomic mass is 16.3. The summed E-state index contributed by atoms with van der Waals surface area (Å²) in [5.74, 6) is 0.320. The van der Waals surface area contributed by atoms with Gasteiger partial charge in [-0.25, -0.2) is 0 Å². The first kappa shape index (κ1) is 13.0. The number of nitrogens with zero attached hydrogens (tertiary/aromatic N) is 1. The summed E-state index contributed by atoms with van der Waals surface area (Å²) in [5.41, 5.74) is 3.95. The van der Waals surface area contributed by atoms with Gasteiger partial charge in [0.15, 0.2) is 5.78 Å². The smallest absolute Gasteiger partial charge is 0.162 e. The molecular weight excluding hydrogens is 264 g/mol. The quantitative estimate of drug-likeness (QED) is 0.882. The van der Waals surface area contributed by atoms with Crippen molar-refractivity contribution in [1.29, 1.82) is 0 Å². The summed E-state index contributed by atoms with van der Waals surface area (Å²) in [6, 6.07) is 6.88. The van der Waals surface area contributed by atoms with E-state index < -0.39 is 0 Å². The predicted molar refractivity (Wildman–Crippen MR) is 81.4 cm³/mol. The van der Waals surface area contributed by atoms with Gasteiger partial charge in [0.05, 0.1) is 0 Å². The number of fused-ring (bicyclic) bond motifs is 2. The average molecular weight is 284 g/mol. The van der Waals surface area contributed by atoms with Gasteiger partial charge in [-0.05, 0) is 37.1 Å². The summed E-state index contributed by atoms with van der Waals surface area (Å²) < 4.78 is 0. The minimum absolute atomic E-state index is 0.0210. The number of Topliss-reactive ketones (excluding diaryl/α,β-unsaturated/α-hetero) is 1. The summed E-state index contributed by atoms with van der Waals surface area (Å²) in [6.45, 7) is 0.422. The molecule has 4 rings (SSSR count). The van der Waals surface area contributed by atoms with Gasteiger partial charge in [0.2, 0.25) is 0 Å². The third kappa shape index (κ3) is 1.86. The van der Waals surface area contributed by atoms with Crippen LogP contribution in [0.5, 0.6) is 0 Å². The Bertz CT molecular complexity index is 706. The number of benzene rings is 1. The maximum atomic E-state index is 11.9. The average Bonchev–Trinajstić information content (AvgIpc) is 2.92. The molecule has 3 atom stereocenters. The number of aromatic amines is 1. The molecule has 2 N–H and O–H groups in total. The first-order valence-electron chi connectivity index (χ1n) is 7.61. The zero-order valence-electron chi connectivity index (χ0n) is 12.2. The summed E-state index contributed by atoms with van der Waals surface area (Å²) in [5, 5.41) is 10.5. The highest BCUT2D eigenvalue weighted by molar-refractivity contribution is 5.89. The number of aromatic nitrogens is 1. The van der Waals surface area contributed by atoms with Crippen molar-refractivity contribution in [3.05, 3.63) is 35.5 Å². The summed E-state index contributed by atoms with van der Waals surface area (Å²) >= 11 is 0. The third-order valence-electron chi connectivity index (χ3n) is 5.34. The van der Waals surface area contributed by atoms with E-state index in [4.69, 9.17) is 0 Å². The molecule has 2 aliphatic rings. The second-order valence-corrected chi connectivity index (χ2v) is 6.46. The summed E-state index contributed by atoms with van der Waals surface area (Å²) in [7, 11) is 2.10. The van der Waals surface area contributed by atoms with Crippen molar-refractivity contribution < 1.29 is 9.90 Å². The number of aliphatic hydroxyl groups excluding tert-OH is 1. The van der Waals surface area contributed by atoms with Gasteiger partial charge in [0.1, 0.15) is 6.61 Å². The van der Waals surface area contributed by atoms with Crippen LogP contribution in [0.3, 0.4) is 0 Å². The summed E-state index contributed by atoms with van der Waals surface area (Å²) in [6.07, 6.45) is 4.03. The Morgan fingerprint density at radius 1 is 1.48 bits per heavy atom. The molecular formula is C17H20N2O2. The number of likely N-dealkylation sites (tertiary alicyclic amines) is 1. The Balaban J connectivity index is 1.79. The van der Waals surface area contributed by atoms with E-state index >= 15 is 0 Å². The number of ketones is 1. The normalized spacial score (nSPS) is 28.6. The molecule has 0 bridgehead atoms. The third-order valence-corrected chi connectivity index (χ3v) is 5.34. The van der Waals surface area contributed by atoms with Crippen LogP contribution < -0.4 is 0 Å². The van der Waals surface area contributed by atoms with E-state index in [2.05, 4.69) is 41.3 Å². The topological polar surface area (TPSA) is 56.3 Å². The largest absolute Gasteiger partial charge is 0.389 e. The fourth-order valence-electron chi connectivity index (χ4n) is 4.30. The van der Waals surface area contributed by atoms with Crippen LogP contribution in [0.15, 0.2) is 24.4 Å². The number of hydrogen-bond donors (Lipinski definition) is 2. The molecule has 110 valence electrons. The van der Waals surface area contributed by atoms with Crippen molar-refractivity contribution in [2.75, 3.05) is 20.2 Å². The van der Waals surface area contributed by atoms with Gasteiger partial charge < -0.3 is 15.0 Å². The maximum Gasteiger partial charge on any atom is 0.162 e. The number of rotatable bonds is 2. The van der Waals surface area contributed by atoms with Gasteiger partial charge in [-0.15, -0.1) is 0 Å². The fourth-order valence-corrected chi connectivity index (χ4v) is 4.30. The molecule has 0 spiro atoms. The standard InChI is InChI=1S/C17H20N2O2/c1-19-8-11(16(21)9-20)5-13-12-3-2-4-14-17(12)10(7-18-14)6-15(13)19/h2-4,7,11,13,15,18,20H,5-6,8-9H2,1H3/t11?,13-,15-/m1/s1. The number of H-pyrrole nitrogens is 1. The molecule has 0 saturated carbocycles. The van der Waals surface area contributed by atoms with Crippen LogP contribution in [-0.4, -0.2) is 47.0 Å². The SMILES string of the molecule is CN1CC(C(=O)CO)C[C@@H]2c3cccc4[nH]cc(c34)C[C@H]21. The lowest BCUT2D eigenvalue weighted by molar-refractivity contribution is -0.128. The minimum Gasteiger partial charge on any atom is -0.389 e. The molecule has 1 aromatic heterocycles. The number of nitrogens with one attached hydrogen (secondary N) is 1. The molecule has 4 nitrogen and oxygen atoms in total. The van der Waals surface area contributed by atoms with Gasteiger partial charge >= 0.3 is 0 Å². The first-order valence-corrected chi connectivity index (χ1v) is 7.61. The molecule has 2 aromatic rings. The molecule has 1 saturated heterocycles. The van der Waals surface area contributed by atoms with E-state index in [1.54, 1.807) is 0 Å². The van der Waals surface area contributed by atoms with Crippen molar-refractivity contribution in [1.82, 2.24) is 9.88 Å². The Morgan fingerprint density at radius 3 is 3.14 bits per heavy atom. The lowest BCUT2D eigenvalue weighted by Crippen LogP contribution is -2.49. The van der Waals surface area contributed by atoms with Crippen LogP contribution >= 0.6 is 0 Å². The molecule has 0 radical (unpaired) electrons. The van der Waals surface area contributed by atoms with E-state index in [1.165, 1.54) is 22.0 Å². The predicted octanol–water partition coefficient (Wildman–Crippen LogP) is 1.69. The molecule has 1 aliphatic carbocycles. The number of piperidine rings is 1. The molecule has 1 aliphatic heterocycles. The van der Waals surface area contributed by atoms with Crippen LogP contribution in [-0.2, 0) is 11.2 Å². The zero-order chi connectivity index (χ0) is 14.6. The van der Waals surface area contributed by atoms with Crippen LogP contribution in [0, 0.1) is 5.92 Å². The number of likely N-dealkylation sites (N-methyl/N-ethyl adjacent to an activating group) is 1. The molecule has 0 amide bonds. The van der Waals surface area contributed by atoms with E-state index in [0.29, 0.717) is 12.0 Å². The monoisotopic (exact) mass is 284 g/mol. The Morgan fingerprint density at radius 2 is 2.33 bits per heavy atom. The number of hydrogen-bond acceptors (Lipinski definition) is 3. The maximum absolute atomic E-state index is 11.9. The van der Waals surface area contributed by atoms with Crippen LogP contribution in [0.4, 0.5) is 0 Å².